The summed E-state index contributed by atoms with van der Waals surface area (Å²) in [4.78, 5) is 6.61. The molecule has 0 radical (unpaired) electrons. The maximum Gasteiger partial charge on any atom is 0.258 e. The van der Waals surface area contributed by atoms with E-state index in [2.05, 4.69) is 15.5 Å². The molecule has 0 saturated heterocycles. The van der Waals surface area contributed by atoms with E-state index >= 15 is 0 Å². The average Bonchev–Trinajstić information content (AvgIpc) is 3.24. The Morgan fingerprint density at radius 2 is 2.00 bits per heavy atom. The predicted octanol–water partition coefficient (Wildman–Crippen LogP) is 4.57. The number of aromatic nitrogens is 2. The summed E-state index contributed by atoms with van der Waals surface area (Å²) in [5.74, 6) is 1.25. The van der Waals surface area contributed by atoms with Gasteiger partial charge in [-0.3, -0.25) is 0 Å². The van der Waals surface area contributed by atoms with Crippen LogP contribution in [0, 0.1) is 5.82 Å². The first-order valence-electron chi connectivity index (χ1n) is 9.54. The van der Waals surface area contributed by atoms with Gasteiger partial charge in [-0.25, -0.2) is 4.39 Å². The van der Waals surface area contributed by atoms with Crippen LogP contribution in [0.5, 0.6) is 5.75 Å². The lowest BCUT2D eigenvalue weighted by Gasteiger charge is -2.36. The van der Waals surface area contributed by atoms with Crippen LogP contribution in [0.2, 0.25) is 0 Å². The molecule has 1 atom stereocenters. The molecule has 1 unspecified atom stereocenters. The number of halogens is 1. The van der Waals surface area contributed by atoms with Crippen LogP contribution in [0.4, 0.5) is 4.39 Å². The van der Waals surface area contributed by atoms with Crippen molar-refractivity contribution in [3.8, 4) is 17.1 Å². The Morgan fingerprint density at radius 1 is 1.23 bits per heavy atom. The molecule has 1 aliphatic heterocycles. The Kier molecular flexibility index (Phi) is 5.50. The molecule has 1 N–H and O–H groups in total. The molecule has 1 aromatic heterocycles. The quantitative estimate of drug-likeness (QED) is 0.602. The third-order valence-corrected chi connectivity index (χ3v) is 5.44. The Labute approximate surface area is 179 Å². The molecule has 0 amide bonds. The zero-order valence-electron chi connectivity index (χ0n) is 16.8. The fraction of sp³-hybridized carbons (Fsp3) is 0.227. The Morgan fingerprint density at radius 3 is 2.70 bits per heavy atom. The summed E-state index contributed by atoms with van der Waals surface area (Å²) >= 11 is 5.54. The molecule has 2 heterocycles. The first kappa shape index (κ1) is 20.0. The Balaban J connectivity index is 1.80. The molecule has 6 nitrogen and oxygen atoms in total. The van der Waals surface area contributed by atoms with Crippen LogP contribution < -0.4 is 10.1 Å². The number of hydrogen-bond donors (Lipinski definition) is 1. The lowest BCUT2D eigenvalue weighted by molar-refractivity contribution is 0.398. The van der Waals surface area contributed by atoms with Crippen molar-refractivity contribution in [2.24, 2.45) is 0 Å². The Bertz CT molecular complexity index is 1110. The number of thiocarbonyl (C=S) groups is 1. The minimum atomic E-state index is -0.334. The Hall–Kier alpha value is -3.26. The van der Waals surface area contributed by atoms with Crippen LogP contribution in [0.25, 0.3) is 17.0 Å². The summed E-state index contributed by atoms with van der Waals surface area (Å²) in [6, 6.07) is 13.4. The highest BCUT2D eigenvalue weighted by molar-refractivity contribution is 7.80. The van der Waals surface area contributed by atoms with E-state index in [4.69, 9.17) is 21.5 Å². The number of benzene rings is 2. The molecule has 8 heteroatoms. The molecule has 1 aliphatic rings. The lowest BCUT2D eigenvalue weighted by Crippen LogP contribution is -2.45. The van der Waals surface area contributed by atoms with Crippen LogP contribution in [-0.2, 0) is 0 Å². The second-order valence-electron chi connectivity index (χ2n) is 6.83. The van der Waals surface area contributed by atoms with E-state index in [1.54, 1.807) is 19.2 Å². The van der Waals surface area contributed by atoms with Gasteiger partial charge in [0, 0.05) is 17.8 Å². The largest absolute Gasteiger partial charge is 0.497 e. The molecule has 2 aromatic carbocycles. The molecule has 4 rings (SSSR count). The number of hydrogen-bond acceptors (Lipinski definition) is 5. The fourth-order valence-corrected chi connectivity index (χ4v) is 3.94. The van der Waals surface area contributed by atoms with Crippen molar-refractivity contribution in [3.05, 3.63) is 71.5 Å². The summed E-state index contributed by atoms with van der Waals surface area (Å²) in [6.45, 7) is 4.68. The van der Waals surface area contributed by atoms with Crippen LogP contribution in [0.3, 0.4) is 0 Å². The molecule has 154 valence electrons. The van der Waals surface area contributed by atoms with Gasteiger partial charge >= 0.3 is 0 Å². The monoisotopic (exact) mass is 424 g/mol. The normalized spacial score (nSPS) is 16.6. The number of rotatable bonds is 5. The van der Waals surface area contributed by atoms with Gasteiger partial charge in [0.2, 0.25) is 5.82 Å². The highest BCUT2D eigenvalue weighted by Gasteiger charge is 2.33. The molecule has 3 aromatic rings. The highest BCUT2D eigenvalue weighted by atomic mass is 32.1. The van der Waals surface area contributed by atoms with Crippen LogP contribution in [0.1, 0.15) is 31.3 Å². The third-order valence-electron chi connectivity index (χ3n) is 5.10. The second-order valence-corrected chi connectivity index (χ2v) is 7.22. The van der Waals surface area contributed by atoms with Gasteiger partial charge in [0.15, 0.2) is 5.11 Å². The molecule has 0 saturated carbocycles. The number of allylic oxidation sites excluding steroid dienone is 1. The maximum atomic E-state index is 13.5. The van der Waals surface area contributed by atoms with Crippen molar-refractivity contribution in [1.82, 2.24) is 20.4 Å². The standard InChI is InChI=1S/C22H21FN4O2S/c1-4-27-13(2)18(19(24-22(27)30)14-8-10-16(23)11-9-14)21-25-20(26-29-21)15-6-5-7-17(12-15)28-3/h5-12,19H,4H2,1-3H3,(H,24,30). The van der Waals surface area contributed by atoms with Crippen molar-refractivity contribution < 1.29 is 13.7 Å². The van der Waals surface area contributed by atoms with Crippen LogP contribution in [0.15, 0.2) is 58.8 Å². The van der Waals surface area contributed by atoms with Gasteiger partial charge in [0.1, 0.15) is 11.6 Å². The molecule has 0 fully saturated rings. The summed E-state index contributed by atoms with van der Waals surface area (Å²) in [5, 5.41) is 8.10. The van der Waals surface area contributed by atoms with Crippen LogP contribution >= 0.6 is 12.2 Å². The van der Waals surface area contributed by atoms with Gasteiger partial charge in [-0.2, -0.15) is 4.98 Å². The zero-order chi connectivity index (χ0) is 21.3. The number of nitrogens with one attached hydrogen (secondary N) is 1. The first-order chi connectivity index (χ1) is 14.5. The smallest absolute Gasteiger partial charge is 0.258 e. The SMILES string of the molecule is CCN1C(=S)NC(c2ccc(F)cc2)C(c2nc(-c3cccc(OC)c3)no2)=C1C. The molecule has 0 spiro atoms. The van der Waals surface area contributed by atoms with Gasteiger partial charge in [0.05, 0.1) is 18.7 Å². The molecule has 0 aliphatic carbocycles. The van der Waals surface area contributed by atoms with E-state index in [0.717, 1.165) is 22.4 Å². The maximum absolute atomic E-state index is 13.5. The van der Waals surface area contributed by atoms with Crippen molar-refractivity contribution >= 4 is 22.9 Å². The lowest BCUT2D eigenvalue weighted by atomic mass is 9.95. The number of methoxy groups -OCH3 is 1. The van der Waals surface area contributed by atoms with Gasteiger partial charge < -0.3 is 19.5 Å². The highest BCUT2D eigenvalue weighted by Crippen LogP contribution is 2.37. The van der Waals surface area contributed by atoms with E-state index < -0.39 is 0 Å². The number of ether oxygens (including phenoxy) is 1. The molecular weight excluding hydrogens is 403 g/mol. The van der Waals surface area contributed by atoms with Crippen molar-refractivity contribution in [2.45, 2.75) is 19.9 Å². The van der Waals surface area contributed by atoms with E-state index in [-0.39, 0.29) is 11.9 Å². The van der Waals surface area contributed by atoms with Crippen LogP contribution in [-0.4, -0.2) is 33.8 Å². The third kappa shape index (κ3) is 3.66. The fourth-order valence-electron chi connectivity index (χ4n) is 3.56. The molecular formula is C22H21FN4O2S. The van der Waals surface area contributed by atoms with E-state index in [9.17, 15) is 4.39 Å². The van der Waals surface area contributed by atoms with E-state index in [1.165, 1.54) is 12.1 Å². The zero-order valence-corrected chi connectivity index (χ0v) is 17.7. The summed E-state index contributed by atoms with van der Waals surface area (Å²) < 4.78 is 24.4. The summed E-state index contributed by atoms with van der Waals surface area (Å²) in [7, 11) is 1.61. The van der Waals surface area contributed by atoms with Gasteiger partial charge in [-0.15, -0.1) is 0 Å². The topological polar surface area (TPSA) is 63.4 Å². The molecule has 0 bridgehead atoms. The second kappa shape index (κ2) is 8.23. The predicted molar refractivity (Wildman–Crippen MR) is 116 cm³/mol. The first-order valence-corrected chi connectivity index (χ1v) is 9.95. The minimum Gasteiger partial charge on any atom is -0.497 e. The summed E-state index contributed by atoms with van der Waals surface area (Å²) in [6.07, 6.45) is 0. The van der Waals surface area contributed by atoms with E-state index in [0.29, 0.717) is 29.1 Å². The molecule has 30 heavy (non-hydrogen) atoms. The average molecular weight is 425 g/mol. The van der Waals surface area contributed by atoms with Crippen molar-refractivity contribution in [3.63, 3.8) is 0 Å². The van der Waals surface area contributed by atoms with Gasteiger partial charge in [-0.1, -0.05) is 29.4 Å². The van der Waals surface area contributed by atoms with E-state index in [1.807, 2.05) is 43.0 Å². The van der Waals surface area contributed by atoms with Gasteiger partial charge in [0.25, 0.3) is 5.89 Å². The minimum absolute atomic E-state index is 0.298. The van der Waals surface area contributed by atoms with Gasteiger partial charge in [-0.05, 0) is 55.9 Å². The van der Waals surface area contributed by atoms with Crippen molar-refractivity contribution in [2.75, 3.05) is 13.7 Å². The summed E-state index contributed by atoms with van der Waals surface area (Å²) in [5.41, 5.74) is 3.35. The number of nitrogens with zero attached hydrogens (tertiary/aromatic N) is 3. The van der Waals surface area contributed by atoms with Crippen molar-refractivity contribution in [1.29, 1.82) is 0 Å².